The first-order valence-corrected chi connectivity index (χ1v) is 5.64. The molecule has 0 aliphatic carbocycles. The Morgan fingerprint density at radius 3 is 2.62 bits per heavy atom. The zero-order valence-corrected chi connectivity index (χ0v) is 9.52. The van der Waals surface area contributed by atoms with E-state index in [1.54, 1.807) is 6.26 Å². The van der Waals surface area contributed by atoms with Crippen molar-refractivity contribution in [2.75, 3.05) is 0 Å². The molecule has 1 atom stereocenters. The van der Waals surface area contributed by atoms with Gasteiger partial charge in [-0.2, -0.15) is 0 Å². The minimum Gasteiger partial charge on any atom is -0.468 e. The molecule has 2 nitrogen and oxygen atoms in total. The Hall–Kier alpha value is -1.54. The van der Waals surface area contributed by atoms with E-state index in [2.05, 4.69) is 36.5 Å². The van der Waals surface area contributed by atoms with Gasteiger partial charge in [-0.05, 0) is 31.0 Å². The van der Waals surface area contributed by atoms with Crippen LogP contribution in [-0.2, 0) is 13.0 Å². The third-order valence-corrected chi connectivity index (χ3v) is 2.59. The van der Waals surface area contributed by atoms with Crippen molar-refractivity contribution in [2.45, 2.75) is 25.9 Å². The van der Waals surface area contributed by atoms with Crippen molar-refractivity contribution in [3.05, 3.63) is 60.1 Å². The highest BCUT2D eigenvalue weighted by Crippen LogP contribution is 2.04. The van der Waals surface area contributed by atoms with Crippen LogP contribution in [0.5, 0.6) is 0 Å². The van der Waals surface area contributed by atoms with Crippen molar-refractivity contribution >= 4 is 0 Å². The van der Waals surface area contributed by atoms with Gasteiger partial charge in [-0.1, -0.05) is 30.3 Å². The zero-order valence-electron chi connectivity index (χ0n) is 9.52. The van der Waals surface area contributed by atoms with E-state index in [9.17, 15) is 0 Å². The fourth-order valence-corrected chi connectivity index (χ4v) is 1.73. The summed E-state index contributed by atoms with van der Waals surface area (Å²) in [7, 11) is 0. The fraction of sp³-hybridized carbons (Fsp3) is 0.286. The molecule has 0 amide bonds. The van der Waals surface area contributed by atoms with Crippen LogP contribution in [0.25, 0.3) is 0 Å². The molecule has 2 heteroatoms. The van der Waals surface area contributed by atoms with Crippen molar-refractivity contribution in [3.63, 3.8) is 0 Å². The van der Waals surface area contributed by atoms with Crippen LogP contribution in [0.2, 0.25) is 0 Å². The second-order valence-electron chi connectivity index (χ2n) is 4.05. The maximum atomic E-state index is 5.27. The second-order valence-corrected chi connectivity index (χ2v) is 4.05. The number of hydrogen-bond acceptors (Lipinski definition) is 2. The Labute approximate surface area is 96.3 Å². The van der Waals surface area contributed by atoms with Crippen molar-refractivity contribution < 1.29 is 4.42 Å². The van der Waals surface area contributed by atoms with Gasteiger partial charge in [-0.3, -0.25) is 0 Å². The second kappa shape index (κ2) is 5.52. The molecular weight excluding hydrogens is 198 g/mol. The van der Waals surface area contributed by atoms with Crippen molar-refractivity contribution in [3.8, 4) is 0 Å². The quantitative estimate of drug-likeness (QED) is 0.829. The van der Waals surface area contributed by atoms with Crippen LogP contribution in [0.4, 0.5) is 0 Å². The SMILES string of the molecule is C[C@H](Cc1ccccc1)NCc1ccco1. The summed E-state index contributed by atoms with van der Waals surface area (Å²) in [6.07, 6.45) is 2.75. The molecule has 16 heavy (non-hydrogen) atoms. The molecule has 0 bridgehead atoms. The van der Waals surface area contributed by atoms with Gasteiger partial charge in [0.15, 0.2) is 0 Å². The normalized spacial score (nSPS) is 12.6. The molecule has 0 unspecified atom stereocenters. The predicted molar refractivity (Wildman–Crippen MR) is 65.2 cm³/mol. The summed E-state index contributed by atoms with van der Waals surface area (Å²) in [4.78, 5) is 0. The Balaban J connectivity index is 1.78. The average Bonchev–Trinajstić information content (AvgIpc) is 2.81. The Morgan fingerprint density at radius 1 is 1.12 bits per heavy atom. The first-order chi connectivity index (χ1) is 7.84. The van der Waals surface area contributed by atoms with Crippen molar-refractivity contribution in [1.82, 2.24) is 5.32 Å². The van der Waals surface area contributed by atoms with Crippen LogP contribution in [0.3, 0.4) is 0 Å². The van der Waals surface area contributed by atoms with Crippen LogP contribution < -0.4 is 5.32 Å². The molecule has 1 heterocycles. The molecule has 0 saturated heterocycles. The van der Waals surface area contributed by atoms with Gasteiger partial charge in [0, 0.05) is 6.04 Å². The molecule has 0 radical (unpaired) electrons. The van der Waals surface area contributed by atoms with Gasteiger partial charge in [0.05, 0.1) is 12.8 Å². The summed E-state index contributed by atoms with van der Waals surface area (Å²) in [5.74, 6) is 0.986. The summed E-state index contributed by atoms with van der Waals surface area (Å²) < 4.78 is 5.27. The van der Waals surface area contributed by atoms with Crippen LogP contribution in [0.15, 0.2) is 53.1 Å². The smallest absolute Gasteiger partial charge is 0.117 e. The lowest BCUT2D eigenvalue weighted by atomic mass is 10.1. The number of nitrogens with one attached hydrogen (secondary N) is 1. The first-order valence-electron chi connectivity index (χ1n) is 5.64. The maximum absolute atomic E-state index is 5.27. The molecule has 0 spiro atoms. The number of rotatable bonds is 5. The third kappa shape index (κ3) is 3.24. The molecular formula is C14H17NO. The molecule has 0 fully saturated rings. The molecule has 0 saturated carbocycles. The first kappa shape index (κ1) is 11.0. The van der Waals surface area contributed by atoms with E-state index < -0.39 is 0 Å². The van der Waals surface area contributed by atoms with Crippen molar-refractivity contribution in [1.29, 1.82) is 0 Å². The molecule has 0 aliphatic rings. The highest BCUT2D eigenvalue weighted by atomic mass is 16.3. The Bertz CT molecular complexity index is 394. The number of hydrogen-bond donors (Lipinski definition) is 1. The van der Waals surface area contributed by atoms with E-state index in [1.165, 1.54) is 5.56 Å². The number of benzene rings is 1. The third-order valence-electron chi connectivity index (χ3n) is 2.59. The number of furan rings is 1. The van der Waals surface area contributed by atoms with Gasteiger partial charge in [0.2, 0.25) is 0 Å². The monoisotopic (exact) mass is 215 g/mol. The summed E-state index contributed by atoms with van der Waals surface area (Å²) in [6, 6.07) is 14.9. The molecule has 1 aromatic heterocycles. The highest BCUT2D eigenvalue weighted by Gasteiger charge is 2.03. The molecule has 1 aromatic carbocycles. The van der Waals surface area contributed by atoms with E-state index in [4.69, 9.17) is 4.42 Å². The van der Waals surface area contributed by atoms with Crippen LogP contribution in [-0.4, -0.2) is 6.04 Å². The van der Waals surface area contributed by atoms with Gasteiger partial charge in [-0.25, -0.2) is 0 Å². The Morgan fingerprint density at radius 2 is 1.94 bits per heavy atom. The van der Waals surface area contributed by atoms with E-state index in [0.29, 0.717) is 6.04 Å². The standard InChI is InChI=1S/C14H17NO/c1-12(10-13-6-3-2-4-7-13)15-11-14-8-5-9-16-14/h2-9,12,15H,10-11H2,1H3/t12-/m1/s1. The predicted octanol–water partition coefficient (Wildman–Crippen LogP) is 3.00. The van der Waals surface area contributed by atoms with Crippen LogP contribution in [0, 0.1) is 0 Å². The summed E-state index contributed by atoms with van der Waals surface area (Å²) in [5, 5.41) is 3.44. The molecule has 1 N–H and O–H groups in total. The minimum atomic E-state index is 0.451. The lowest BCUT2D eigenvalue weighted by Gasteiger charge is -2.12. The summed E-state index contributed by atoms with van der Waals surface area (Å²) in [5.41, 5.74) is 1.36. The van der Waals surface area contributed by atoms with Gasteiger partial charge in [0.1, 0.15) is 5.76 Å². The molecule has 2 aromatic rings. The van der Waals surface area contributed by atoms with Gasteiger partial charge in [-0.15, -0.1) is 0 Å². The van der Waals surface area contributed by atoms with Gasteiger partial charge < -0.3 is 9.73 Å². The van der Waals surface area contributed by atoms with Gasteiger partial charge >= 0.3 is 0 Å². The Kier molecular flexibility index (Phi) is 3.78. The van der Waals surface area contributed by atoms with Crippen molar-refractivity contribution in [2.24, 2.45) is 0 Å². The van der Waals surface area contributed by atoms with Crippen LogP contribution in [0.1, 0.15) is 18.2 Å². The van der Waals surface area contributed by atoms with E-state index >= 15 is 0 Å². The van der Waals surface area contributed by atoms with Gasteiger partial charge in [0.25, 0.3) is 0 Å². The topological polar surface area (TPSA) is 25.2 Å². The zero-order chi connectivity index (χ0) is 11.2. The maximum Gasteiger partial charge on any atom is 0.117 e. The minimum absolute atomic E-state index is 0.451. The fourth-order valence-electron chi connectivity index (χ4n) is 1.73. The van der Waals surface area contributed by atoms with E-state index in [-0.39, 0.29) is 0 Å². The van der Waals surface area contributed by atoms with Crippen LogP contribution >= 0.6 is 0 Å². The molecule has 84 valence electrons. The highest BCUT2D eigenvalue weighted by molar-refractivity contribution is 5.15. The lowest BCUT2D eigenvalue weighted by Crippen LogP contribution is -2.27. The van der Waals surface area contributed by atoms with E-state index in [1.807, 2.05) is 18.2 Å². The lowest BCUT2D eigenvalue weighted by molar-refractivity contribution is 0.453. The van der Waals surface area contributed by atoms with E-state index in [0.717, 1.165) is 18.7 Å². The molecule has 2 rings (SSSR count). The largest absolute Gasteiger partial charge is 0.468 e. The summed E-state index contributed by atoms with van der Waals surface area (Å²) >= 11 is 0. The summed E-state index contributed by atoms with van der Waals surface area (Å²) in [6.45, 7) is 2.98. The average molecular weight is 215 g/mol. The molecule has 0 aliphatic heterocycles.